The van der Waals surface area contributed by atoms with Gasteiger partial charge in [0.05, 0.1) is 34.7 Å². The van der Waals surface area contributed by atoms with Gasteiger partial charge in [-0.3, -0.25) is 15.0 Å². The summed E-state index contributed by atoms with van der Waals surface area (Å²) in [6.07, 6.45) is -5.79. The molecule has 244 valence electrons. The monoisotopic (exact) mass is 659 g/mol. The summed E-state index contributed by atoms with van der Waals surface area (Å²) in [5, 5.41) is 14.6. The number of nitro groups is 1. The lowest BCUT2D eigenvalue weighted by Crippen LogP contribution is -2.34. The molecule has 3 aromatic carbocycles. The van der Waals surface area contributed by atoms with E-state index < -0.39 is 40.6 Å². The number of rotatable bonds is 10. The standard InChI is InChI=1S/C33H32F3N3O6.ClH/c1-20-28(31(40)44-4)30(24-13-9-15-26(17-24)39(42)43)29(21(2)37-20)32(41)45-27(19-38(3)18-22-10-6-5-7-11-22)23-12-8-14-25(16-23)33(34,35)36;/h5-17,27,30,37H,18-19H2,1-4H3;1H. The fourth-order valence-corrected chi connectivity index (χ4v) is 5.36. The predicted molar refractivity (Wildman–Crippen MR) is 167 cm³/mol. The lowest BCUT2D eigenvalue weighted by atomic mass is 9.80. The molecule has 13 heteroatoms. The van der Waals surface area contributed by atoms with Crippen molar-refractivity contribution < 1.29 is 37.2 Å². The van der Waals surface area contributed by atoms with E-state index in [1.165, 1.54) is 43.5 Å². The molecule has 0 fully saturated rings. The van der Waals surface area contributed by atoms with E-state index in [0.717, 1.165) is 17.7 Å². The van der Waals surface area contributed by atoms with Gasteiger partial charge in [-0.25, -0.2) is 9.59 Å². The Kier molecular flexibility index (Phi) is 11.7. The Morgan fingerprint density at radius 3 is 2.20 bits per heavy atom. The van der Waals surface area contributed by atoms with Crippen LogP contribution in [0.15, 0.2) is 101 Å². The summed E-state index contributed by atoms with van der Waals surface area (Å²) >= 11 is 0. The number of carbonyl (C=O) groups is 2. The van der Waals surface area contributed by atoms with E-state index in [4.69, 9.17) is 9.47 Å². The minimum atomic E-state index is -4.63. The van der Waals surface area contributed by atoms with Crippen molar-refractivity contribution in [3.63, 3.8) is 0 Å². The number of halogens is 4. The van der Waals surface area contributed by atoms with Crippen LogP contribution in [-0.2, 0) is 31.8 Å². The third-order valence-corrected chi connectivity index (χ3v) is 7.41. The molecule has 0 aliphatic carbocycles. The van der Waals surface area contributed by atoms with Crippen LogP contribution in [0.4, 0.5) is 18.9 Å². The SMILES string of the molecule is COC(=O)C1=C(C)NC(C)=C(C(=O)OC(CN(C)Cc2ccccc2)c2cccc(C(F)(F)F)c2)C1c1cccc([N+](=O)[O-])c1.Cl. The molecule has 46 heavy (non-hydrogen) atoms. The van der Waals surface area contributed by atoms with Gasteiger partial charge in [-0.2, -0.15) is 13.2 Å². The maximum atomic E-state index is 14.1. The van der Waals surface area contributed by atoms with Gasteiger partial charge in [0.25, 0.3) is 5.69 Å². The average Bonchev–Trinajstić information content (AvgIpc) is 3.00. The molecular weight excluding hydrogens is 627 g/mol. The van der Waals surface area contributed by atoms with E-state index in [1.807, 2.05) is 35.2 Å². The number of hydrogen-bond acceptors (Lipinski definition) is 8. The van der Waals surface area contributed by atoms with Crippen LogP contribution < -0.4 is 5.32 Å². The first-order valence-corrected chi connectivity index (χ1v) is 13.9. The molecular formula is C33H33ClF3N3O6. The molecule has 2 unspecified atom stereocenters. The summed E-state index contributed by atoms with van der Waals surface area (Å²) < 4.78 is 52.0. The van der Waals surface area contributed by atoms with Crippen LogP contribution in [0.1, 0.15) is 48.1 Å². The van der Waals surface area contributed by atoms with Crippen molar-refractivity contribution in [3.05, 3.63) is 134 Å². The van der Waals surface area contributed by atoms with Crippen molar-refractivity contribution in [2.24, 2.45) is 0 Å². The fraction of sp³-hybridized carbons (Fsp3) is 0.273. The van der Waals surface area contributed by atoms with E-state index in [-0.39, 0.29) is 46.9 Å². The molecule has 1 aliphatic heterocycles. The second kappa shape index (κ2) is 15.1. The highest BCUT2D eigenvalue weighted by atomic mass is 35.5. The summed E-state index contributed by atoms with van der Waals surface area (Å²) in [4.78, 5) is 39.9. The quantitative estimate of drug-likeness (QED) is 0.143. The van der Waals surface area contributed by atoms with Gasteiger partial charge in [0.15, 0.2) is 0 Å². The molecule has 0 saturated carbocycles. The first-order valence-electron chi connectivity index (χ1n) is 13.9. The molecule has 0 saturated heterocycles. The Morgan fingerprint density at radius 2 is 1.59 bits per heavy atom. The van der Waals surface area contributed by atoms with Gasteiger partial charge in [0.1, 0.15) is 6.10 Å². The van der Waals surface area contributed by atoms with Crippen LogP contribution in [0, 0.1) is 10.1 Å². The highest BCUT2D eigenvalue weighted by Gasteiger charge is 2.39. The van der Waals surface area contributed by atoms with Crippen LogP contribution >= 0.6 is 12.4 Å². The highest BCUT2D eigenvalue weighted by Crippen LogP contribution is 2.41. The summed E-state index contributed by atoms with van der Waals surface area (Å²) in [6.45, 7) is 3.63. The number of allylic oxidation sites excluding steroid dienone is 2. The number of alkyl halides is 3. The molecule has 9 nitrogen and oxygen atoms in total. The van der Waals surface area contributed by atoms with Crippen molar-refractivity contribution in [3.8, 4) is 0 Å². The number of nitrogens with one attached hydrogen (secondary N) is 1. The molecule has 4 rings (SSSR count). The maximum Gasteiger partial charge on any atom is 0.416 e. The van der Waals surface area contributed by atoms with Crippen molar-refractivity contribution in [1.29, 1.82) is 0 Å². The number of nitro benzene ring substituents is 1. The minimum absolute atomic E-state index is 0. The van der Waals surface area contributed by atoms with Gasteiger partial charge < -0.3 is 14.8 Å². The lowest BCUT2D eigenvalue weighted by molar-refractivity contribution is -0.384. The number of benzene rings is 3. The Morgan fingerprint density at radius 1 is 0.957 bits per heavy atom. The van der Waals surface area contributed by atoms with Gasteiger partial charge >= 0.3 is 18.1 Å². The number of dihydropyridines is 1. The van der Waals surface area contributed by atoms with Crippen LogP contribution in [0.25, 0.3) is 0 Å². The Balaban J connectivity index is 0.00000576. The van der Waals surface area contributed by atoms with Gasteiger partial charge in [-0.05, 0) is 49.7 Å². The van der Waals surface area contributed by atoms with Gasteiger partial charge in [0.2, 0.25) is 0 Å². The van der Waals surface area contributed by atoms with E-state index in [1.54, 1.807) is 20.9 Å². The maximum absolute atomic E-state index is 14.1. The average molecular weight is 660 g/mol. The number of ether oxygens (including phenoxy) is 2. The molecule has 0 amide bonds. The van der Waals surface area contributed by atoms with Crippen molar-refractivity contribution in [2.75, 3.05) is 20.7 Å². The summed E-state index contributed by atoms with van der Waals surface area (Å²) in [7, 11) is 2.92. The number of hydrogen-bond donors (Lipinski definition) is 1. The fourth-order valence-electron chi connectivity index (χ4n) is 5.36. The Hall–Kier alpha value is -4.68. The predicted octanol–water partition coefficient (Wildman–Crippen LogP) is 6.86. The molecule has 3 aromatic rings. The number of non-ortho nitro benzene ring substituents is 1. The zero-order valence-electron chi connectivity index (χ0n) is 25.5. The Labute approximate surface area is 270 Å². The number of carbonyl (C=O) groups excluding carboxylic acids is 2. The topological polar surface area (TPSA) is 111 Å². The molecule has 2 atom stereocenters. The molecule has 0 aromatic heterocycles. The van der Waals surface area contributed by atoms with E-state index in [2.05, 4.69) is 5.32 Å². The molecule has 1 N–H and O–H groups in total. The second-order valence-corrected chi connectivity index (χ2v) is 10.7. The first-order chi connectivity index (χ1) is 21.3. The molecule has 0 spiro atoms. The van der Waals surface area contributed by atoms with E-state index in [0.29, 0.717) is 17.9 Å². The number of esters is 2. The third kappa shape index (κ3) is 8.32. The highest BCUT2D eigenvalue weighted by molar-refractivity contribution is 6.00. The summed E-state index contributed by atoms with van der Waals surface area (Å²) in [6, 6.07) is 19.5. The molecule has 1 heterocycles. The molecule has 0 radical (unpaired) electrons. The van der Waals surface area contributed by atoms with Crippen molar-refractivity contribution in [1.82, 2.24) is 10.2 Å². The van der Waals surface area contributed by atoms with Crippen molar-refractivity contribution >= 4 is 30.0 Å². The van der Waals surface area contributed by atoms with Crippen LogP contribution in [-0.4, -0.2) is 42.5 Å². The van der Waals surface area contributed by atoms with Crippen molar-refractivity contribution in [2.45, 2.75) is 38.6 Å². The number of methoxy groups -OCH3 is 1. The number of likely N-dealkylation sites (N-methyl/N-ethyl adjacent to an activating group) is 1. The van der Waals surface area contributed by atoms with Gasteiger partial charge in [-0.1, -0.05) is 54.6 Å². The zero-order chi connectivity index (χ0) is 32.9. The van der Waals surface area contributed by atoms with Gasteiger partial charge in [0, 0.05) is 36.6 Å². The minimum Gasteiger partial charge on any atom is -0.466 e. The number of nitrogens with zero attached hydrogens (tertiary/aromatic N) is 2. The third-order valence-electron chi connectivity index (χ3n) is 7.41. The first kappa shape index (κ1) is 35.8. The lowest BCUT2D eigenvalue weighted by Gasteiger charge is -2.32. The summed E-state index contributed by atoms with van der Waals surface area (Å²) in [5.41, 5.74) is 0.826. The smallest absolute Gasteiger partial charge is 0.416 e. The van der Waals surface area contributed by atoms with Crippen LogP contribution in [0.3, 0.4) is 0 Å². The molecule has 0 bridgehead atoms. The Bertz CT molecular complexity index is 1660. The summed E-state index contributed by atoms with van der Waals surface area (Å²) in [5.74, 6) is -2.82. The van der Waals surface area contributed by atoms with Crippen LogP contribution in [0.5, 0.6) is 0 Å². The second-order valence-electron chi connectivity index (χ2n) is 10.7. The molecule has 1 aliphatic rings. The van der Waals surface area contributed by atoms with Crippen LogP contribution in [0.2, 0.25) is 0 Å². The van der Waals surface area contributed by atoms with E-state index >= 15 is 0 Å². The zero-order valence-corrected chi connectivity index (χ0v) is 26.3. The largest absolute Gasteiger partial charge is 0.466 e. The van der Waals surface area contributed by atoms with Gasteiger partial charge in [-0.15, -0.1) is 12.4 Å². The normalized spacial score (nSPS) is 15.5. The van der Waals surface area contributed by atoms with E-state index in [9.17, 15) is 32.9 Å².